The molecule has 2 N–H and O–H groups in total. The molecule has 1 aliphatic rings. The second-order valence-corrected chi connectivity index (χ2v) is 7.32. The van der Waals surface area contributed by atoms with Crippen molar-refractivity contribution in [2.24, 2.45) is 0 Å². The number of nitrogens with one attached hydrogen (secondary N) is 2. The zero-order chi connectivity index (χ0) is 17.6. The lowest BCUT2D eigenvalue weighted by Crippen LogP contribution is -3.11. The van der Waals surface area contributed by atoms with Crippen molar-refractivity contribution in [1.82, 2.24) is 5.32 Å². The summed E-state index contributed by atoms with van der Waals surface area (Å²) in [6.45, 7) is 2.94. The van der Waals surface area contributed by atoms with Crippen LogP contribution in [-0.4, -0.2) is 25.5 Å². The Hall–Kier alpha value is -1.55. The average molecular weight is 378 g/mol. The van der Waals surface area contributed by atoms with Gasteiger partial charge >= 0.3 is 0 Å². The molecule has 0 spiro atoms. The van der Waals surface area contributed by atoms with Crippen molar-refractivity contribution in [3.05, 3.63) is 69.7 Å². The lowest BCUT2D eigenvalue weighted by Gasteiger charge is -2.25. The van der Waals surface area contributed by atoms with Gasteiger partial charge in [-0.1, -0.05) is 59.6 Å². The van der Waals surface area contributed by atoms with Crippen LogP contribution < -0.4 is 10.2 Å². The molecule has 25 heavy (non-hydrogen) atoms. The number of benzene rings is 2. The molecular formula is C20H23Cl2N2O+. The maximum absolute atomic E-state index is 12.4. The maximum atomic E-state index is 12.4. The summed E-state index contributed by atoms with van der Waals surface area (Å²) < 4.78 is 0. The van der Waals surface area contributed by atoms with Crippen molar-refractivity contribution < 1.29 is 9.69 Å². The minimum Gasteiger partial charge on any atom is -0.349 e. The minimum atomic E-state index is -0.0467. The average Bonchev–Trinajstić information content (AvgIpc) is 3.14. The van der Waals surface area contributed by atoms with Crippen molar-refractivity contribution in [2.45, 2.75) is 25.3 Å². The van der Waals surface area contributed by atoms with E-state index in [-0.39, 0.29) is 18.4 Å². The number of carbonyl (C=O) groups excluding carboxylic acids is 1. The highest BCUT2D eigenvalue weighted by molar-refractivity contribution is 6.36. The molecule has 0 unspecified atom stereocenters. The van der Waals surface area contributed by atoms with Gasteiger partial charge in [0.1, 0.15) is 6.04 Å². The number of amides is 1. The third-order valence-electron chi connectivity index (χ3n) is 4.84. The van der Waals surface area contributed by atoms with Crippen molar-refractivity contribution in [2.75, 3.05) is 19.6 Å². The van der Waals surface area contributed by atoms with Gasteiger partial charge < -0.3 is 10.2 Å². The van der Waals surface area contributed by atoms with Crippen LogP contribution in [0.1, 0.15) is 30.0 Å². The zero-order valence-electron chi connectivity index (χ0n) is 14.1. The van der Waals surface area contributed by atoms with Gasteiger partial charge in [0, 0.05) is 28.5 Å². The van der Waals surface area contributed by atoms with E-state index < -0.39 is 0 Å². The maximum Gasteiger partial charge on any atom is 0.224 e. The van der Waals surface area contributed by atoms with Gasteiger partial charge in [0.25, 0.3) is 0 Å². The van der Waals surface area contributed by atoms with E-state index >= 15 is 0 Å². The van der Waals surface area contributed by atoms with Crippen LogP contribution in [0.15, 0.2) is 48.5 Å². The third kappa shape index (κ3) is 4.75. The summed E-state index contributed by atoms with van der Waals surface area (Å²) in [7, 11) is 0. The Kier molecular flexibility index (Phi) is 6.35. The molecule has 1 atom stereocenters. The Labute approximate surface area is 158 Å². The smallest absolute Gasteiger partial charge is 0.224 e. The van der Waals surface area contributed by atoms with Gasteiger partial charge in [0.05, 0.1) is 26.1 Å². The van der Waals surface area contributed by atoms with Crippen molar-refractivity contribution in [3.63, 3.8) is 0 Å². The number of quaternary nitrogens is 1. The largest absolute Gasteiger partial charge is 0.349 e. The van der Waals surface area contributed by atoms with Crippen LogP contribution in [0.5, 0.6) is 0 Å². The van der Waals surface area contributed by atoms with Crippen LogP contribution in [-0.2, 0) is 11.2 Å². The SMILES string of the molecule is O=C(Cc1c(Cl)cccc1Cl)NC[C@@H](c1ccccc1)[NH+]1CCCC1. The standard InChI is InChI=1S/C20H22Cl2N2O/c21-17-9-6-10-18(22)16(17)13-20(25)23-14-19(24-11-4-5-12-24)15-7-2-1-3-8-15/h1-3,6-10,19H,4-5,11-14H2,(H,23,25)/p+1/t19-/m0/s1. The number of hydrogen-bond acceptors (Lipinski definition) is 1. The molecule has 2 aromatic rings. The predicted molar refractivity (Wildman–Crippen MR) is 102 cm³/mol. The van der Waals surface area contributed by atoms with E-state index in [9.17, 15) is 4.79 Å². The Bertz CT molecular complexity index is 695. The van der Waals surface area contributed by atoms with Crippen molar-refractivity contribution >= 4 is 29.1 Å². The van der Waals surface area contributed by atoms with Gasteiger partial charge in [-0.15, -0.1) is 0 Å². The van der Waals surface area contributed by atoms with E-state index in [1.54, 1.807) is 23.1 Å². The fourth-order valence-corrected chi connectivity index (χ4v) is 4.03. The van der Waals surface area contributed by atoms with Crippen LogP contribution in [0.2, 0.25) is 10.0 Å². The van der Waals surface area contributed by atoms with Gasteiger partial charge in [-0.3, -0.25) is 4.79 Å². The first-order chi connectivity index (χ1) is 12.1. The van der Waals surface area contributed by atoms with E-state index in [1.807, 2.05) is 6.07 Å². The predicted octanol–water partition coefficient (Wildman–Crippen LogP) is 3.07. The number of halogens is 2. The summed E-state index contributed by atoms with van der Waals surface area (Å²) in [5, 5.41) is 4.15. The molecule has 5 heteroatoms. The molecule has 1 fully saturated rings. The van der Waals surface area contributed by atoms with Gasteiger partial charge in [-0.25, -0.2) is 0 Å². The quantitative estimate of drug-likeness (QED) is 0.796. The first-order valence-electron chi connectivity index (χ1n) is 8.74. The summed E-state index contributed by atoms with van der Waals surface area (Å²) in [6, 6.07) is 16.0. The summed E-state index contributed by atoms with van der Waals surface area (Å²) in [5.41, 5.74) is 1.96. The van der Waals surface area contributed by atoms with E-state index in [0.717, 1.165) is 13.1 Å². The molecule has 0 radical (unpaired) electrons. The third-order valence-corrected chi connectivity index (χ3v) is 5.55. The summed E-state index contributed by atoms with van der Waals surface area (Å²) >= 11 is 12.3. The van der Waals surface area contributed by atoms with Crippen LogP contribution >= 0.6 is 23.2 Å². The summed E-state index contributed by atoms with van der Waals surface area (Å²) in [6.07, 6.45) is 2.71. The van der Waals surface area contributed by atoms with E-state index in [4.69, 9.17) is 23.2 Å². The van der Waals surface area contributed by atoms with Crippen LogP contribution in [0, 0.1) is 0 Å². The lowest BCUT2D eigenvalue weighted by atomic mass is 10.1. The van der Waals surface area contributed by atoms with Gasteiger partial charge in [0.2, 0.25) is 5.91 Å². The molecule has 1 heterocycles. The normalized spacial score (nSPS) is 15.9. The summed E-state index contributed by atoms with van der Waals surface area (Å²) in [5.74, 6) is -0.0467. The van der Waals surface area contributed by atoms with E-state index in [0.29, 0.717) is 22.2 Å². The molecule has 1 amide bonds. The Morgan fingerprint density at radius 2 is 1.64 bits per heavy atom. The lowest BCUT2D eigenvalue weighted by molar-refractivity contribution is -0.918. The monoisotopic (exact) mass is 377 g/mol. The number of hydrogen-bond donors (Lipinski definition) is 2. The molecule has 1 saturated heterocycles. The van der Waals surface area contributed by atoms with E-state index in [1.165, 1.54) is 18.4 Å². The molecule has 0 bridgehead atoms. The molecule has 3 rings (SSSR count). The fourth-order valence-electron chi connectivity index (χ4n) is 3.50. The molecular weight excluding hydrogens is 355 g/mol. The summed E-state index contributed by atoms with van der Waals surface area (Å²) in [4.78, 5) is 14.0. The second-order valence-electron chi connectivity index (χ2n) is 6.51. The number of likely N-dealkylation sites (tertiary alicyclic amines) is 1. The number of rotatable bonds is 6. The fraction of sp³-hybridized carbons (Fsp3) is 0.350. The molecule has 2 aromatic carbocycles. The van der Waals surface area contributed by atoms with Crippen LogP contribution in [0.3, 0.4) is 0 Å². The van der Waals surface area contributed by atoms with Gasteiger partial charge in [0.15, 0.2) is 0 Å². The first kappa shape index (κ1) is 18.2. The first-order valence-corrected chi connectivity index (χ1v) is 9.50. The minimum absolute atomic E-state index is 0.0467. The topological polar surface area (TPSA) is 33.5 Å². The highest BCUT2D eigenvalue weighted by Crippen LogP contribution is 2.24. The van der Waals surface area contributed by atoms with E-state index in [2.05, 4.69) is 29.6 Å². The van der Waals surface area contributed by atoms with Crippen molar-refractivity contribution in [1.29, 1.82) is 0 Å². The molecule has 0 aromatic heterocycles. The molecule has 0 saturated carbocycles. The Morgan fingerprint density at radius 1 is 1.00 bits per heavy atom. The van der Waals surface area contributed by atoms with Gasteiger partial charge in [-0.2, -0.15) is 0 Å². The highest BCUT2D eigenvalue weighted by Gasteiger charge is 2.27. The van der Waals surface area contributed by atoms with Gasteiger partial charge in [-0.05, 0) is 17.7 Å². The Balaban J connectivity index is 1.65. The molecule has 132 valence electrons. The molecule has 1 aliphatic heterocycles. The van der Waals surface area contributed by atoms with Crippen LogP contribution in [0.4, 0.5) is 0 Å². The second kappa shape index (κ2) is 8.70. The molecule has 3 nitrogen and oxygen atoms in total. The van der Waals surface area contributed by atoms with Crippen molar-refractivity contribution in [3.8, 4) is 0 Å². The zero-order valence-corrected chi connectivity index (χ0v) is 15.6. The number of carbonyl (C=O) groups is 1. The Morgan fingerprint density at radius 3 is 2.28 bits per heavy atom. The highest BCUT2D eigenvalue weighted by atomic mass is 35.5. The van der Waals surface area contributed by atoms with Crippen LogP contribution in [0.25, 0.3) is 0 Å². The molecule has 0 aliphatic carbocycles.